The molecule has 3 nitrogen and oxygen atoms in total. The fourth-order valence-corrected chi connectivity index (χ4v) is 2.33. The Hall–Kier alpha value is -0.390. The maximum absolute atomic E-state index is 10.4. The van der Waals surface area contributed by atoms with Crippen LogP contribution in [0.25, 0.3) is 0 Å². The van der Waals surface area contributed by atoms with Crippen LogP contribution < -0.4 is 5.73 Å². The number of aliphatic carboxylic acids is 1. The molecule has 0 fully saturated rings. The highest BCUT2D eigenvalue weighted by atomic mass is 79.9. The molecule has 0 saturated carbocycles. The summed E-state index contributed by atoms with van der Waals surface area (Å²) in [4.78, 5) is 11.4. The molecule has 0 saturated heterocycles. The van der Waals surface area contributed by atoms with Crippen molar-refractivity contribution in [2.24, 2.45) is 5.73 Å². The van der Waals surface area contributed by atoms with Crippen LogP contribution in [0.5, 0.6) is 0 Å². The second-order valence-corrected chi connectivity index (χ2v) is 4.20. The lowest BCUT2D eigenvalue weighted by Gasteiger charge is -2.03. The molecule has 0 unspecified atom stereocenters. The number of carboxylic acids is 1. The Morgan fingerprint density at radius 3 is 2.92 bits per heavy atom. The van der Waals surface area contributed by atoms with E-state index in [2.05, 4.69) is 15.9 Å². The molecule has 12 heavy (non-hydrogen) atoms. The minimum atomic E-state index is -0.963. The predicted octanol–water partition coefficient (Wildman–Crippen LogP) is 1.47. The average molecular weight is 250 g/mol. The highest BCUT2D eigenvalue weighted by molar-refractivity contribution is 9.10. The number of hydrogen-bond donors (Lipinski definition) is 2. The van der Waals surface area contributed by atoms with Crippen molar-refractivity contribution in [1.29, 1.82) is 0 Å². The van der Waals surface area contributed by atoms with Crippen molar-refractivity contribution < 1.29 is 9.90 Å². The normalized spacial score (nSPS) is 12.8. The van der Waals surface area contributed by atoms with Crippen LogP contribution in [0, 0.1) is 0 Å². The molecular weight excluding hydrogens is 242 g/mol. The minimum Gasteiger partial charge on any atom is -0.480 e. The topological polar surface area (TPSA) is 63.3 Å². The summed E-state index contributed by atoms with van der Waals surface area (Å²) in [5.41, 5.74) is 5.36. The average Bonchev–Trinajstić information content (AvgIpc) is 2.36. The Morgan fingerprint density at radius 1 is 1.83 bits per heavy atom. The van der Waals surface area contributed by atoms with Gasteiger partial charge in [0.2, 0.25) is 0 Å². The molecule has 1 aromatic rings. The van der Waals surface area contributed by atoms with E-state index in [0.29, 0.717) is 6.42 Å². The van der Waals surface area contributed by atoms with Crippen LogP contribution in [0.15, 0.2) is 15.9 Å². The number of thiophene rings is 1. The van der Waals surface area contributed by atoms with E-state index in [9.17, 15) is 4.79 Å². The molecule has 0 aliphatic rings. The van der Waals surface area contributed by atoms with E-state index in [1.165, 1.54) is 11.3 Å². The lowest BCUT2D eigenvalue weighted by atomic mass is 10.2. The first kappa shape index (κ1) is 9.70. The van der Waals surface area contributed by atoms with Crippen molar-refractivity contribution in [3.05, 3.63) is 20.8 Å². The third-order valence-corrected chi connectivity index (χ3v) is 3.36. The quantitative estimate of drug-likeness (QED) is 0.853. The summed E-state index contributed by atoms with van der Waals surface area (Å²) in [5, 5.41) is 10.4. The van der Waals surface area contributed by atoms with Crippen LogP contribution in [-0.4, -0.2) is 17.1 Å². The number of hydrogen-bond acceptors (Lipinski definition) is 3. The van der Waals surface area contributed by atoms with Gasteiger partial charge >= 0.3 is 5.97 Å². The molecular formula is C7H8BrNO2S. The first-order chi connectivity index (χ1) is 5.61. The molecule has 66 valence electrons. The highest BCUT2D eigenvalue weighted by Gasteiger charge is 2.14. The summed E-state index contributed by atoms with van der Waals surface area (Å²) in [6, 6.07) is 1.08. The SMILES string of the molecule is N[C@@H](Cc1sccc1Br)C(=O)O. The van der Waals surface area contributed by atoms with Gasteiger partial charge in [0.1, 0.15) is 6.04 Å². The third kappa shape index (κ3) is 2.30. The van der Waals surface area contributed by atoms with Crippen molar-refractivity contribution in [1.82, 2.24) is 0 Å². The Balaban J connectivity index is 2.64. The van der Waals surface area contributed by atoms with Crippen LogP contribution in [0.1, 0.15) is 4.88 Å². The number of halogens is 1. The van der Waals surface area contributed by atoms with E-state index in [1.54, 1.807) is 0 Å². The lowest BCUT2D eigenvalue weighted by Crippen LogP contribution is -2.31. The Labute approximate surface area is 82.3 Å². The van der Waals surface area contributed by atoms with E-state index in [-0.39, 0.29) is 0 Å². The molecule has 0 aliphatic carbocycles. The van der Waals surface area contributed by atoms with Gasteiger partial charge in [0.15, 0.2) is 0 Å². The Bertz CT molecular complexity index is 287. The lowest BCUT2D eigenvalue weighted by molar-refractivity contribution is -0.138. The molecule has 1 atom stereocenters. The minimum absolute atomic E-state index is 0.383. The molecule has 0 amide bonds. The highest BCUT2D eigenvalue weighted by Crippen LogP contribution is 2.23. The van der Waals surface area contributed by atoms with E-state index in [0.717, 1.165) is 9.35 Å². The van der Waals surface area contributed by atoms with Gasteiger partial charge < -0.3 is 10.8 Å². The molecule has 1 heterocycles. The van der Waals surface area contributed by atoms with E-state index in [1.807, 2.05) is 11.4 Å². The second-order valence-electron chi connectivity index (χ2n) is 2.34. The third-order valence-electron chi connectivity index (χ3n) is 1.41. The summed E-state index contributed by atoms with van der Waals surface area (Å²) in [6.45, 7) is 0. The monoisotopic (exact) mass is 249 g/mol. The van der Waals surface area contributed by atoms with Gasteiger partial charge in [-0.3, -0.25) is 4.79 Å². The summed E-state index contributed by atoms with van der Waals surface area (Å²) in [5.74, 6) is -0.963. The van der Waals surface area contributed by atoms with Crippen molar-refractivity contribution in [2.45, 2.75) is 12.5 Å². The zero-order valence-electron chi connectivity index (χ0n) is 6.16. The van der Waals surface area contributed by atoms with Crippen molar-refractivity contribution >= 4 is 33.2 Å². The zero-order valence-corrected chi connectivity index (χ0v) is 8.56. The van der Waals surface area contributed by atoms with Crippen LogP contribution in [0.3, 0.4) is 0 Å². The zero-order chi connectivity index (χ0) is 9.14. The molecule has 1 aromatic heterocycles. The smallest absolute Gasteiger partial charge is 0.320 e. The van der Waals surface area contributed by atoms with Gasteiger partial charge in [-0.25, -0.2) is 0 Å². The fourth-order valence-electron chi connectivity index (χ4n) is 0.758. The van der Waals surface area contributed by atoms with Crippen LogP contribution in [0.4, 0.5) is 0 Å². The van der Waals surface area contributed by atoms with Crippen LogP contribution in [0.2, 0.25) is 0 Å². The van der Waals surface area contributed by atoms with E-state index in [4.69, 9.17) is 10.8 Å². The van der Waals surface area contributed by atoms with Gasteiger partial charge in [-0.05, 0) is 27.4 Å². The molecule has 0 aliphatic heterocycles. The van der Waals surface area contributed by atoms with Crippen LogP contribution in [-0.2, 0) is 11.2 Å². The standard InChI is InChI=1S/C7H8BrNO2S/c8-4-1-2-12-6(4)3-5(9)7(10)11/h1-2,5H,3,9H2,(H,10,11)/t5-/m0/s1. The molecule has 1 rings (SSSR count). The van der Waals surface area contributed by atoms with Crippen molar-refractivity contribution in [3.63, 3.8) is 0 Å². The molecule has 0 spiro atoms. The molecule has 3 N–H and O–H groups in total. The largest absolute Gasteiger partial charge is 0.480 e. The van der Waals surface area contributed by atoms with Gasteiger partial charge in [0.05, 0.1) is 0 Å². The van der Waals surface area contributed by atoms with Gasteiger partial charge in [-0.15, -0.1) is 11.3 Å². The Kier molecular flexibility index (Phi) is 3.25. The van der Waals surface area contributed by atoms with Crippen molar-refractivity contribution in [3.8, 4) is 0 Å². The predicted molar refractivity (Wildman–Crippen MR) is 51.3 cm³/mol. The number of carbonyl (C=O) groups is 1. The summed E-state index contributed by atoms with van der Waals surface area (Å²) < 4.78 is 0.934. The molecule has 0 aromatic carbocycles. The van der Waals surface area contributed by atoms with Crippen molar-refractivity contribution in [2.75, 3.05) is 0 Å². The molecule has 0 bridgehead atoms. The number of rotatable bonds is 3. The maximum Gasteiger partial charge on any atom is 0.320 e. The van der Waals surface area contributed by atoms with E-state index < -0.39 is 12.0 Å². The summed E-state index contributed by atoms with van der Waals surface area (Å²) >= 11 is 4.81. The second kappa shape index (κ2) is 4.02. The summed E-state index contributed by atoms with van der Waals surface area (Å²) in [7, 11) is 0. The van der Waals surface area contributed by atoms with Gasteiger partial charge in [0, 0.05) is 15.8 Å². The Morgan fingerprint density at radius 2 is 2.50 bits per heavy atom. The maximum atomic E-state index is 10.4. The number of nitrogens with two attached hydrogens (primary N) is 1. The number of carboxylic acid groups (broad SMARTS) is 1. The summed E-state index contributed by atoms with van der Waals surface area (Å²) in [6.07, 6.45) is 0.383. The van der Waals surface area contributed by atoms with Gasteiger partial charge in [-0.2, -0.15) is 0 Å². The first-order valence-corrected chi connectivity index (χ1v) is 4.99. The first-order valence-electron chi connectivity index (χ1n) is 3.31. The van der Waals surface area contributed by atoms with Crippen LogP contribution >= 0.6 is 27.3 Å². The molecule has 5 heteroatoms. The van der Waals surface area contributed by atoms with Gasteiger partial charge in [0.25, 0.3) is 0 Å². The van der Waals surface area contributed by atoms with E-state index >= 15 is 0 Å². The molecule has 0 radical (unpaired) electrons. The fraction of sp³-hybridized carbons (Fsp3) is 0.286. The van der Waals surface area contributed by atoms with Gasteiger partial charge in [-0.1, -0.05) is 0 Å².